The minimum absolute atomic E-state index is 0.203. The minimum Gasteiger partial charge on any atom is -0.772 e. The van der Waals surface area contributed by atoms with Crippen LogP contribution in [0.5, 0.6) is 0 Å². The Labute approximate surface area is 127 Å². The molecule has 0 rings (SSSR count). The first kappa shape index (κ1) is 19.9. The lowest BCUT2D eigenvalue weighted by Gasteiger charge is -2.19. The first-order chi connectivity index (χ1) is 10.1. The molecule has 0 spiro atoms. The molecule has 0 aromatic heterocycles. The van der Waals surface area contributed by atoms with Crippen molar-refractivity contribution in [3.63, 3.8) is 0 Å². The van der Waals surface area contributed by atoms with Gasteiger partial charge in [-0.15, -0.1) is 0 Å². The predicted octanol–water partition coefficient (Wildman–Crippen LogP) is -3.26. The maximum absolute atomic E-state index is 11.6. The fourth-order valence-corrected chi connectivity index (χ4v) is 1.79. The van der Waals surface area contributed by atoms with Crippen LogP contribution >= 0.6 is 0 Å². The molecule has 2 amide bonds. The van der Waals surface area contributed by atoms with Crippen LogP contribution in [-0.2, 0) is 30.3 Å². The molecule has 0 aliphatic rings. The van der Waals surface area contributed by atoms with E-state index in [2.05, 4.69) is 5.32 Å². The number of nitrogens with one attached hydrogen (secondary N) is 2. The SMILES string of the molecule is NC(CCC(=O)NC(CS(=O)[O-])C(=O)NCC(=O)O)C(=O)O. The molecule has 0 saturated carbocycles. The highest BCUT2D eigenvalue weighted by Gasteiger charge is 2.22. The number of amides is 2. The Morgan fingerprint density at radius 1 is 1.23 bits per heavy atom. The van der Waals surface area contributed by atoms with Gasteiger partial charge in [-0.2, -0.15) is 0 Å². The fourth-order valence-electron chi connectivity index (χ4n) is 1.28. The molecule has 0 fully saturated rings. The molecule has 0 bridgehead atoms. The Bertz CT molecular complexity index is 469. The number of hydrogen-bond donors (Lipinski definition) is 5. The van der Waals surface area contributed by atoms with Crippen LogP contribution in [0.15, 0.2) is 0 Å². The average Bonchev–Trinajstić information content (AvgIpc) is 2.40. The van der Waals surface area contributed by atoms with Crippen LogP contribution in [0.25, 0.3) is 0 Å². The van der Waals surface area contributed by atoms with Crippen molar-refractivity contribution in [2.45, 2.75) is 24.9 Å². The Hall–Kier alpha value is -2.05. The predicted molar refractivity (Wildman–Crippen MR) is 71.2 cm³/mol. The van der Waals surface area contributed by atoms with Crippen LogP contribution in [0, 0.1) is 0 Å². The van der Waals surface area contributed by atoms with Gasteiger partial charge in [0, 0.05) is 12.2 Å². The number of carbonyl (C=O) groups is 4. The van der Waals surface area contributed by atoms with Crippen molar-refractivity contribution in [2.24, 2.45) is 5.73 Å². The van der Waals surface area contributed by atoms with Crippen molar-refractivity contribution >= 4 is 34.8 Å². The van der Waals surface area contributed by atoms with Crippen molar-refractivity contribution in [3.05, 3.63) is 0 Å². The van der Waals surface area contributed by atoms with Gasteiger partial charge >= 0.3 is 11.9 Å². The van der Waals surface area contributed by atoms with Crippen molar-refractivity contribution in [3.8, 4) is 0 Å². The molecule has 11 nitrogen and oxygen atoms in total. The number of rotatable bonds is 10. The minimum atomic E-state index is -2.66. The summed E-state index contributed by atoms with van der Waals surface area (Å²) < 4.78 is 21.3. The first-order valence-electron chi connectivity index (χ1n) is 5.96. The molecule has 0 aromatic rings. The highest BCUT2D eigenvalue weighted by molar-refractivity contribution is 7.79. The zero-order valence-corrected chi connectivity index (χ0v) is 12.1. The zero-order chi connectivity index (χ0) is 17.3. The molecule has 0 saturated heterocycles. The van der Waals surface area contributed by atoms with E-state index in [1.54, 1.807) is 0 Å². The van der Waals surface area contributed by atoms with E-state index < -0.39 is 59.2 Å². The molecule has 0 aromatic carbocycles. The third-order valence-electron chi connectivity index (χ3n) is 2.37. The lowest BCUT2D eigenvalue weighted by atomic mass is 10.1. The normalized spacial score (nSPS) is 14.5. The Morgan fingerprint density at radius 3 is 2.27 bits per heavy atom. The summed E-state index contributed by atoms with van der Waals surface area (Å²) in [5.74, 6) is -5.15. The van der Waals surface area contributed by atoms with Gasteiger partial charge in [0.1, 0.15) is 18.6 Å². The smallest absolute Gasteiger partial charge is 0.322 e. The summed E-state index contributed by atoms with van der Waals surface area (Å²) in [6.45, 7) is -0.736. The van der Waals surface area contributed by atoms with Gasteiger partial charge in [-0.3, -0.25) is 23.4 Å². The van der Waals surface area contributed by atoms with E-state index in [4.69, 9.17) is 15.9 Å². The Balaban J connectivity index is 4.53. The standard InChI is InChI=1S/C10H17N3O8S/c11-5(10(18)19)1-2-7(14)13-6(4-22(20)21)9(17)12-3-8(15)16/h5-6H,1-4,11H2,(H,12,17)(H,13,14)(H,15,16)(H,18,19)(H,20,21)/p-1. The summed E-state index contributed by atoms with van der Waals surface area (Å²) in [7, 11) is 0. The molecule has 0 radical (unpaired) electrons. The second-order valence-corrected chi connectivity index (χ2v) is 5.13. The summed E-state index contributed by atoms with van der Waals surface area (Å²) >= 11 is -2.66. The second kappa shape index (κ2) is 9.81. The van der Waals surface area contributed by atoms with Crippen LogP contribution in [0.1, 0.15) is 12.8 Å². The molecule has 6 N–H and O–H groups in total. The average molecular weight is 338 g/mol. The summed E-state index contributed by atoms with van der Waals surface area (Å²) in [6.07, 6.45) is -0.535. The molecule has 3 atom stereocenters. The lowest BCUT2D eigenvalue weighted by molar-refractivity contribution is -0.139. The lowest BCUT2D eigenvalue weighted by Crippen LogP contribution is -2.50. The molecule has 126 valence electrons. The van der Waals surface area contributed by atoms with Crippen LogP contribution in [0.2, 0.25) is 0 Å². The number of nitrogens with two attached hydrogens (primary N) is 1. The molecular weight excluding hydrogens is 322 g/mol. The molecule has 22 heavy (non-hydrogen) atoms. The van der Waals surface area contributed by atoms with Gasteiger partial charge < -0.3 is 31.1 Å². The fraction of sp³-hybridized carbons (Fsp3) is 0.600. The molecular formula is C10H16N3O8S-. The van der Waals surface area contributed by atoms with E-state index in [0.717, 1.165) is 0 Å². The molecule has 3 unspecified atom stereocenters. The highest BCUT2D eigenvalue weighted by atomic mass is 32.2. The van der Waals surface area contributed by atoms with E-state index in [1.165, 1.54) is 0 Å². The van der Waals surface area contributed by atoms with E-state index in [-0.39, 0.29) is 12.8 Å². The van der Waals surface area contributed by atoms with E-state index in [9.17, 15) is 27.9 Å². The van der Waals surface area contributed by atoms with Gasteiger partial charge in [0.15, 0.2) is 0 Å². The van der Waals surface area contributed by atoms with Crippen molar-refractivity contribution in [2.75, 3.05) is 12.3 Å². The maximum atomic E-state index is 11.6. The van der Waals surface area contributed by atoms with Gasteiger partial charge in [0.05, 0.1) is 0 Å². The van der Waals surface area contributed by atoms with Crippen LogP contribution in [0.3, 0.4) is 0 Å². The molecule has 12 heteroatoms. The third kappa shape index (κ3) is 8.99. The highest BCUT2D eigenvalue weighted by Crippen LogP contribution is 1.97. The van der Waals surface area contributed by atoms with Crippen molar-refractivity contribution in [1.29, 1.82) is 0 Å². The van der Waals surface area contributed by atoms with Gasteiger partial charge in [0.25, 0.3) is 0 Å². The largest absolute Gasteiger partial charge is 0.772 e. The number of hydrogen-bond acceptors (Lipinski definition) is 7. The first-order valence-corrected chi connectivity index (χ1v) is 7.21. The van der Waals surface area contributed by atoms with Gasteiger partial charge in [0.2, 0.25) is 11.8 Å². The summed E-state index contributed by atoms with van der Waals surface area (Å²) in [5.41, 5.74) is 5.19. The van der Waals surface area contributed by atoms with Crippen molar-refractivity contribution < 1.29 is 38.2 Å². The van der Waals surface area contributed by atoms with Gasteiger partial charge in [-0.1, -0.05) is 11.1 Å². The van der Waals surface area contributed by atoms with Gasteiger partial charge in [-0.25, -0.2) is 0 Å². The van der Waals surface area contributed by atoms with Crippen LogP contribution in [0.4, 0.5) is 0 Å². The van der Waals surface area contributed by atoms with E-state index in [1.807, 2.05) is 5.32 Å². The van der Waals surface area contributed by atoms with Gasteiger partial charge in [-0.05, 0) is 6.42 Å². The zero-order valence-electron chi connectivity index (χ0n) is 11.3. The molecule has 0 aliphatic heterocycles. The second-order valence-electron chi connectivity index (χ2n) is 4.19. The van der Waals surface area contributed by atoms with E-state index >= 15 is 0 Å². The Kier molecular flexibility index (Phi) is 8.89. The monoisotopic (exact) mass is 338 g/mol. The van der Waals surface area contributed by atoms with E-state index in [0.29, 0.717) is 0 Å². The number of carboxylic acid groups (broad SMARTS) is 2. The van der Waals surface area contributed by atoms with Crippen LogP contribution in [-0.4, -0.2) is 67.1 Å². The summed E-state index contributed by atoms with van der Waals surface area (Å²) in [5, 5.41) is 21.0. The summed E-state index contributed by atoms with van der Waals surface area (Å²) in [6, 6.07) is -2.75. The molecule has 0 aliphatic carbocycles. The number of carboxylic acids is 2. The van der Waals surface area contributed by atoms with Crippen LogP contribution < -0.4 is 16.4 Å². The van der Waals surface area contributed by atoms with Crippen molar-refractivity contribution in [1.82, 2.24) is 10.6 Å². The number of aliphatic carboxylic acids is 2. The third-order valence-corrected chi connectivity index (χ3v) is 2.97. The maximum Gasteiger partial charge on any atom is 0.322 e. The topological polar surface area (TPSA) is 199 Å². The summed E-state index contributed by atoms with van der Waals surface area (Å²) in [4.78, 5) is 43.9. The molecule has 0 heterocycles. The quantitative estimate of drug-likeness (QED) is 0.254. The number of carbonyl (C=O) groups excluding carboxylic acids is 2. The Morgan fingerprint density at radius 2 is 1.82 bits per heavy atom.